The van der Waals surface area contributed by atoms with Crippen molar-refractivity contribution < 1.29 is 4.74 Å². The van der Waals surface area contributed by atoms with Gasteiger partial charge in [-0.25, -0.2) is 0 Å². The Morgan fingerprint density at radius 3 is 2.65 bits per heavy atom. The molecule has 2 aliphatic rings. The molecule has 1 aliphatic heterocycles. The molecule has 0 aromatic heterocycles. The van der Waals surface area contributed by atoms with Gasteiger partial charge in [-0.1, -0.05) is 18.2 Å². The summed E-state index contributed by atoms with van der Waals surface area (Å²) >= 11 is 1.86. The third-order valence-electron chi connectivity index (χ3n) is 5.48. The van der Waals surface area contributed by atoms with Crippen LogP contribution in [-0.4, -0.2) is 36.2 Å². The van der Waals surface area contributed by atoms with Gasteiger partial charge in [0.25, 0.3) is 0 Å². The molecule has 1 fully saturated rings. The van der Waals surface area contributed by atoms with Gasteiger partial charge in [-0.15, -0.1) is 24.0 Å². The molecule has 0 amide bonds. The topological polar surface area (TPSA) is 45.7 Å². The first-order valence-corrected chi connectivity index (χ1v) is 10.5. The largest absolute Gasteiger partial charge is 0.487 e. The van der Waals surface area contributed by atoms with Crippen LogP contribution in [0.25, 0.3) is 0 Å². The normalized spacial score (nSPS) is 21.5. The maximum absolute atomic E-state index is 6.45. The first-order chi connectivity index (χ1) is 12.0. The number of ether oxygens (including phenoxy) is 1. The number of para-hydroxylation sites is 1. The van der Waals surface area contributed by atoms with Gasteiger partial charge < -0.3 is 15.4 Å². The lowest BCUT2D eigenvalue weighted by Crippen LogP contribution is -2.48. The first kappa shape index (κ1) is 21.7. The standard InChI is InChI=1S/C20H31N3OS.HI/c1-19(2,25-4)14-22-18(21-3)23-16-13-20(11-7-8-12-20)24-17-10-6-5-9-15(16)17;/h5-6,9-10,16H,7-8,11-14H2,1-4H3,(H2,21,22,23);1H. The van der Waals surface area contributed by atoms with E-state index in [-0.39, 0.29) is 40.4 Å². The number of hydrogen-bond donors (Lipinski definition) is 2. The minimum absolute atomic E-state index is 0. The summed E-state index contributed by atoms with van der Waals surface area (Å²) in [6, 6.07) is 8.69. The van der Waals surface area contributed by atoms with Crippen molar-refractivity contribution in [1.82, 2.24) is 10.6 Å². The number of fused-ring (bicyclic) bond motifs is 1. The number of aliphatic imine (C=N–C) groups is 1. The van der Waals surface area contributed by atoms with E-state index in [9.17, 15) is 0 Å². The van der Waals surface area contributed by atoms with Gasteiger partial charge in [-0.3, -0.25) is 4.99 Å². The van der Waals surface area contributed by atoms with Crippen molar-refractivity contribution in [2.75, 3.05) is 19.8 Å². The molecule has 6 heteroatoms. The van der Waals surface area contributed by atoms with E-state index in [2.05, 4.69) is 60.0 Å². The maximum atomic E-state index is 6.45. The van der Waals surface area contributed by atoms with E-state index in [1.165, 1.54) is 18.4 Å². The highest BCUT2D eigenvalue weighted by molar-refractivity contribution is 14.0. The smallest absolute Gasteiger partial charge is 0.191 e. The molecule has 1 aromatic rings. The molecule has 1 unspecified atom stereocenters. The van der Waals surface area contributed by atoms with E-state index >= 15 is 0 Å². The zero-order chi connectivity index (χ0) is 17.9. The van der Waals surface area contributed by atoms with Crippen molar-refractivity contribution in [3.8, 4) is 5.75 Å². The fourth-order valence-electron chi connectivity index (χ4n) is 3.80. The number of nitrogens with one attached hydrogen (secondary N) is 2. The second-order valence-corrected chi connectivity index (χ2v) is 9.33. The van der Waals surface area contributed by atoms with Crippen LogP contribution >= 0.6 is 35.7 Å². The molecular weight excluding hydrogens is 457 g/mol. The zero-order valence-corrected chi connectivity index (χ0v) is 19.4. The Bertz CT molecular complexity index is 629. The number of guanidine groups is 1. The Kier molecular flexibility index (Phi) is 7.53. The fraction of sp³-hybridized carbons (Fsp3) is 0.650. The highest BCUT2D eigenvalue weighted by atomic mass is 127. The van der Waals surface area contributed by atoms with Gasteiger partial charge in [-0.2, -0.15) is 11.8 Å². The average Bonchev–Trinajstić information content (AvgIpc) is 3.05. The Balaban J connectivity index is 0.00000243. The molecule has 1 atom stereocenters. The molecule has 26 heavy (non-hydrogen) atoms. The van der Waals surface area contributed by atoms with Crippen LogP contribution in [-0.2, 0) is 0 Å². The lowest BCUT2D eigenvalue weighted by molar-refractivity contribution is 0.0396. The van der Waals surface area contributed by atoms with Gasteiger partial charge in [0.1, 0.15) is 11.4 Å². The number of thioether (sulfide) groups is 1. The van der Waals surface area contributed by atoms with E-state index in [1.54, 1.807) is 0 Å². The lowest BCUT2D eigenvalue weighted by atomic mass is 9.86. The van der Waals surface area contributed by atoms with Gasteiger partial charge in [-0.05, 0) is 51.9 Å². The van der Waals surface area contributed by atoms with Crippen LogP contribution in [0.15, 0.2) is 29.3 Å². The van der Waals surface area contributed by atoms with Gasteiger partial charge in [0.15, 0.2) is 5.96 Å². The second-order valence-electron chi connectivity index (χ2n) is 7.82. The van der Waals surface area contributed by atoms with E-state index in [4.69, 9.17) is 4.74 Å². The van der Waals surface area contributed by atoms with Gasteiger partial charge in [0, 0.05) is 30.3 Å². The number of nitrogens with zero attached hydrogens (tertiary/aromatic N) is 1. The Morgan fingerprint density at radius 2 is 2.00 bits per heavy atom. The van der Waals surface area contributed by atoms with Crippen LogP contribution in [0, 0.1) is 0 Å². The van der Waals surface area contributed by atoms with E-state index in [0.29, 0.717) is 0 Å². The molecule has 1 aliphatic carbocycles. The van der Waals surface area contributed by atoms with Crippen LogP contribution < -0.4 is 15.4 Å². The van der Waals surface area contributed by atoms with Crippen LogP contribution in [0.5, 0.6) is 5.75 Å². The van der Waals surface area contributed by atoms with Crippen molar-refractivity contribution in [3.05, 3.63) is 29.8 Å². The Morgan fingerprint density at radius 1 is 1.31 bits per heavy atom. The predicted octanol–water partition coefficient (Wildman–Crippen LogP) is 4.75. The van der Waals surface area contributed by atoms with Crippen molar-refractivity contribution in [2.24, 2.45) is 4.99 Å². The van der Waals surface area contributed by atoms with E-state index in [1.807, 2.05) is 18.8 Å². The zero-order valence-electron chi connectivity index (χ0n) is 16.3. The molecule has 0 bridgehead atoms. The summed E-state index contributed by atoms with van der Waals surface area (Å²) in [5.74, 6) is 1.91. The predicted molar refractivity (Wildman–Crippen MR) is 123 cm³/mol. The molecule has 1 saturated carbocycles. The summed E-state index contributed by atoms with van der Waals surface area (Å²) in [6.45, 7) is 5.37. The number of rotatable bonds is 4. The van der Waals surface area contributed by atoms with E-state index in [0.717, 1.165) is 37.5 Å². The van der Waals surface area contributed by atoms with Crippen LogP contribution in [0.1, 0.15) is 57.6 Å². The molecule has 2 N–H and O–H groups in total. The van der Waals surface area contributed by atoms with E-state index < -0.39 is 0 Å². The quantitative estimate of drug-likeness (QED) is 0.364. The first-order valence-electron chi connectivity index (χ1n) is 9.27. The summed E-state index contributed by atoms with van der Waals surface area (Å²) in [5, 5.41) is 7.15. The van der Waals surface area contributed by atoms with Gasteiger partial charge >= 0.3 is 0 Å². The molecule has 0 saturated heterocycles. The maximum Gasteiger partial charge on any atom is 0.191 e. The molecule has 1 heterocycles. The lowest BCUT2D eigenvalue weighted by Gasteiger charge is -2.40. The molecule has 146 valence electrons. The highest BCUT2D eigenvalue weighted by Crippen LogP contribution is 2.46. The van der Waals surface area contributed by atoms with Crippen molar-refractivity contribution in [1.29, 1.82) is 0 Å². The fourth-order valence-corrected chi connectivity index (χ4v) is 4.02. The van der Waals surface area contributed by atoms with Crippen molar-refractivity contribution >= 4 is 41.7 Å². The molecule has 1 spiro atoms. The van der Waals surface area contributed by atoms with Gasteiger partial charge in [0.2, 0.25) is 0 Å². The average molecular weight is 489 g/mol. The van der Waals surface area contributed by atoms with Crippen LogP contribution in [0.4, 0.5) is 0 Å². The third kappa shape index (κ3) is 5.00. The minimum Gasteiger partial charge on any atom is -0.487 e. The van der Waals surface area contributed by atoms with Gasteiger partial charge in [0.05, 0.1) is 6.04 Å². The number of hydrogen-bond acceptors (Lipinski definition) is 3. The van der Waals surface area contributed by atoms with Crippen LogP contribution in [0.2, 0.25) is 0 Å². The minimum atomic E-state index is 0. The molecule has 3 rings (SSSR count). The third-order valence-corrected chi connectivity index (χ3v) is 6.73. The molecule has 0 radical (unpaired) electrons. The molecule has 1 aromatic carbocycles. The van der Waals surface area contributed by atoms with Crippen molar-refractivity contribution in [2.45, 2.75) is 62.3 Å². The summed E-state index contributed by atoms with van der Waals surface area (Å²) in [5.41, 5.74) is 1.25. The highest BCUT2D eigenvalue weighted by Gasteiger charge is 2.43. The summed E-state index contributed by atoms with van der Waals surface area (Å²) in [7, 11) is 1.85. The molecular formula is C20H32IN3OS. The Hall–Kier alpha value is -0.630. The summed E-state index contributed by atoms with van der Waals surface area (Å²) in [6.07, 6.45) is 8.01. The monoisotopic (exact) mass is 489 g/mol. The molecule has 4 nitrogen and oxygen atoms in total. The second kappa shape index (κ2) is 9.04. The Labute approximate surface area is 179 Å². The SMILES string of the molecule is CN=C(NCC(C)(C)SC)NC1CC2(CCCC2)Oc2ccccc21.I. The van der Waals surface area contributed by atoms with Crippen LogP contribution in [0.3, 0.4) is 0 Å². The number of halogens is 1. The summed E-state index contributed by atoms with van der Waals surface area (Å²) in [4.78, 5) is 4.45. The summed E-state index contributed by atoms with van der Waals surface area (Å²) < 4.78 is 6.63. The number of benzene rings is 1. The van der Waals surface area contributed by atoms with Crippen molar-refractivity contribution in [3.63, 3.8) is 0 Å².